The normalized spacial score (nSPS) is 10.7. The van der Waals surface area contributed by atoms with Crippen LogP contribution in [-0.4, -0.2) is 4.57 Å². The maximum atomic E-state index is 13.6. The van der Waals surface area contributed by atoms with Crippen molar-refractivity contribution in [1.29, 1.82) is 5.26 Å². The van der Waals surface area contributed by atoms with Gasteiger partial charge in [0, 0.05) is 17.7 Å². The third kappa shape index (κ3) is 4.96. The van der Waals surface area contributed by atoms with Gasteiger partial charge in [-0.15, -0.1) is 0 Å². The van der Waals surface area contributed by atoms with E-state index in [1.54, 1.807) is 0 Å². The van der Waals surface area contributed by atoms with E-state index in [0.717, 1.165) is 51.9 Å². The van der Waals surface area contributed by atoms with Crippen molar-refractivity contribution in [1.82, 2.24) is 4.57 Å². The Hall–Kier alpha value is -3.90. The van der Waals surface area contributed by atoms with Crippen LogP contribution in [0.5, 0.6) is 0 Å². The molecule has 0 spiro atoms. The Balaban J connectivity index is 1.69. The summed E-state index contributed by atoms with van der Waals surface area (Å²) >= 11 is 0. The number of aryl methyl sites for hydroxylation is 2. The predicted molar refractivity (Wildman–Crippen MR) is 134 cm³/mol. The average Bonchev–Trinajstić information content (AvgIpc) is 2.85. The number of hydrogen-bond acceptors (Lipinski definition) is 2. The van der Waals surface area contributed by atoms with E-state index in [0.29, 0.717) is 18.5 Å². The lowest BCUT2D eigenvalue weighted by Gasteiger charge is -2.17. The SMILES string of the molecule is CCCc1cc(C)n(Cc2ccccc2)c(=O)c1Cc1ccc(-c2ccccc2C#N)cc1. The molecule has 0 aliphatic rings. The number of nitriles is 1. The lowest BCUT2D eigenvalue weighted by atomic mass is 9.95. The zero-order chi connectivity index (χ0) is 23.2. The van der Waals surface area contributed by atoms with Gasteiger partial charge in [-0.25, -0.2) is 0 Å². The van der Waals surface area contributed by atoms with Crippen molar-refractivity contribution >= 4 is 0 Å². The fraction of sp³-hybridized carbons (Fsp3) is 0.200. The summed E-state index contributed by atoms with van der Waals surface area (Å²) in [4.78, 5) is 13.6. The van der Waals surface area contributed by atoms with Gasteiger partial charge in [0.05, 0.1) is 18.2 Å². The van der Waals surface area contributed by atoms with Crippen molar-refractivity contribution < 1.29 is 0 Å². The first-order valence-electron chi connectivity index (χ1n) is 11.4. The van der Waals surface area contributed by atoms with Crippen LogP contribution in [0.3, 0.4) is 0 Å². The Labute approximate surface area is 195 Å². The largest absolute Gasteiger partial charge is 0.308 e. The van der Waals surface area contributed by atoms with E-state index >= 15 is 0 Å². The van der Waals surface area contributed by atoms with E-state index in [4.69, 9.17) is 0 Å². The number of nitrogens with zero attached hydrogens (tertiary/aromatic N) is 2. The molecule has 4 aromatic rings. The molecule has 0 radical (unpaired) electrons. The van der Waals surface area contributed by atoms with Crippen molar-refractivity contribution in [2.75, 3.05) is 0 Å². The molecule has 1 aromatic heterocycles. The molecule has 1 heterocycles. The Morgan fingerprint density at radius 2 is 1.58 bits per heavy atom. The van der Waals surface area contributed by atoms with Crippen LogP contribution in [-0.2, 0) is 19.4 Å². The van der Waals surface area contributed by atoms with Gasteiger partial charge < -0.3 is 4.57 Å². The number of benzene rings is 3. The maximum Gasteiger partial charge on any atom is 0.254 e. The molecule has 3 nitrogen and oxygen atoms in total. The predicted octanol–water partition coefficient (Wildman–Crippen LogP) is 6.29. The van der Waals surface area contributed by atoms with E-state index in [-0.39, 0.29) is 5.56 Å². The van der Waals surface area contributed by atoms with Gasteiger partial charge >= 0.3 is 0 Å². The highest BCUT2D eigenvalue weighted by molar-refractivity contribution is 5.70. The lowest BCUT2D eigenvalue weighted by molar-refractivity contribution is 0.709. The van der Waals surface area contributed by atoms with Gasteiger partial charge in [0.25, 0.3) is 5.56 Å². The highest BCUT2D eigenvalue weighted by atomic mass is 16.1. The van der Waals surface area contributed by atoms with Gasteiger partial charge in [-0.2, -0.15) is 5.26 Å². The monoisotopic (exact) mass is 432 g/mol. The molecule has 0 amide bonds. The fourth-order valence-electron chi connectivity index (χ4n) is 4.36. The topological polar surface area (TPSA) is 45.8 Å². The van der Waals surface area contributed by atoms with Crippen molar-refractivity contribution in [2.24, 2.45) is 0 Å². The minimum Gasteiger partial charge on any atom is -0.308 e. The molecule has 0 fully saturated rings. The molecule has 0 aliphatic carbocycles. The van der Waals surface area contributed by atoms with E-state index < -0.39 is 0 Å². The van der Waals surface area contributed by atoms with Crippen LogP contribution in [0.15, 0.2) is 89.7 Å². The molecule has 0 aliphatic heterocycles. The second-order valence-electron chi connectivity index (χ2n) is 8.45. The van der Waals surface area contributed by atoms with Crippen LogP contribution < -0.4 is 5.56 Å². The van der Waals surface area contributed by atoms with Crippen LogP contribution in [0, 0.1) is 18.3 Å². The van der Waals surface area contributed by atoms with Gasteiger partial charge in [-0.3, -0.25) is 4.79 Å². The molecule has 0 N–H and O–H groups in total. The van der Waals surface area contributed by atoms with E-state index in [1.807, 2.05) is 66.1 Å². The quantitative estimate of drug-likeness (QED) is 0.345. The lowest BCUT2D eigenvalue weighted by Crippen LogP contribution is -2.28. The van der Waals surface area contributed by atoms with E-state index in [2.05, 4.69) is 43.3 Å². The molecular weight excluding hydrogens is 404 g/mol. The number of hydrogen-bond donors (Lipinski definition) is 0. The van der Waals surface area contributed by atoms with E-state index in [9.17, 15) is 10.1 Å². The second-order valence-corrected chi connectivity index (χ2v) is 8.45. The first kappa shape index (κ1) is 22.3. The van der Waals surface area contributed by atoms with Crippen molar-refractivity contribution in [3.8, 4) is 17.2 Å². The number of pyridine rings is 1. The molecule has 0 unspecified atom stereocenters. The van der Waals surface area contributed by atoms with E-state index in [1.165, 1.54) is 0 Å². The molecule has 3 heteroatoms. The summed E-state index contributed by atoms with van der Waals surface area (Å²) in [7, 11) is 0. The first-order chi connectivity index (χ1) is 16.1. The summed E-state index contributed by atoms with van der Waals surface area (Å²) < 4.78 is 1.89. The fourth-order valence-corrected chi connectivity index (χ4v) is 4.36. The standard InChI is InChI=1S/C30H28N2O/c1-3-9-26-18-22(2)32(21-24-10-5-4-6-11-24)30(33)29(26)19-23-14-16-25(17-15-23)28-13-8-7-12-27(28)20-31/h4-8,10-18H,3,9,19,21H2,1-2H3. The van der Waals surface area contributed by atoms with Crippen LogP contribution in [0.2, 0.25) is 0 Å². The van der Waals surface area contributed by atoms with Crippen LogP contribution in [0.1, 0.15) is 46.9 Å². The molecule has 0 saturated carbocycles. The summed E-state index contributed by atoms with van der Waals surface area (Å²) in [5.41, 5.74) is 7.94. The summed E-state index contributed by atoms with van der Waals surface area (Å²) in [6.45, 7) is 4.75. The molecule has 4 rings (SSSR count). The Morgan fingerprint density at radius 1 is 0.879 bits per heavy atom. The summed E-state index contributed by atoms with van der Waals surface area (Å²) in [5.74, 6) is 0. The minimum atomic E-state index is 0.0983. The molecule has 164 valence electrons. The van der Waals surface area contributed by atoms with Gasteiger partial charge in [0.15, 0.2) is 0 Å². The number of aromatic nitrogens is 1. The maximum absolute atomic E-state index is 13.6. The average molecular weight is 433 g/mol. The number of rotatable bonds is 7. The van der Waals surface area contributed by atoms with Crippen molar-refractivity contribution in [2.45, 2.75) is 39.7 Å². The highest BCUT2D eigenvalue weighted by Gasteiger charge is 2.14. The molecule has 0 atom stereocenters. The molecule has 0 saturated heterocycles. The van der Waals surface area contributed by atoms with Crippen molar-refractivity contribution in [3.63, 3.8) is 0 Å². The smallest absolute Gasteiger partial charge is 0.254 e. The Morgan fingerprint density at radius 3 is 2.27 bits per heavy atom. The third-order valence-electron chi connectivity index (χ3n) is 6.10. The zero-order valence-corrected chi connectivity index (χ0v) is 19.2. The zero-order valence-electron chi connectivity index (χ0n) is 19.2. The van der Waals surface area contributed by atoms with Crippen molar-refractivity contribution in [3.05, 3.63) is 129 Å². The van der Waals surface area contributed by atoms with Gasteiger partial charge in [-0.1, -0.05) is 86.1 Å². The van der Waals surface area contributed by atoms with Gasteiger partial charge in [0.2, 0.25) is 0 Å². The third-order valence-corrected chi connectivity index (χ3v) is 6.10. The Bertz CT molecular complexity index is 1340. The first-order valence-corrected chi connectivity index (χ1v) is 11.4. The van der Waals surface area contributed by atoms with Crippen LogP contribution in [0.25, 0.3) is 11.1 Å². The molecule has 0 bridgehead atoms. The Kier molecular flexibility index (Phi) is 6.86. The van der Waals surface area contributed by atoms with Crippen LogP contribution in [0.4, 0.5) is 0 Å². The minimum absolute atomic E-state index is 0.0983. The van der Waals surface area contributed by atoms with Crippen LogP contribution >= 0.6 is 0 Å². The summed E-state index contributed by atoms with van der Waals surface area (Å²) in [6.07, 6.45) is 2.49. The van der Waals surface area contributed by atoms with Gasteiger partial charge in [-0.05, 0) is 53.3 Å². The second kappa shape index (κ2) is 10.1. The molecular formula is C30H28N2O. The summed E-state index contributed by atoms with van der Waals surface area (Å²) in [6, 6.07) is 30.4. The van der Waals surface area contributed by atoms with Gasteiger partial charge in [0.1, 0.15) is 0 Å². The molecule has 33 heavy (non-hydrogen) atoms. The highest BCUT2D eigenvalue weighted by Crippen LogP contribution is 2.24. The molecule has 3 aromatic carbocycles. The summed E-state index contributed by atoms with van der Waals surface area (Å²) in [5, 5.41) is 9.41.